The maximum Gasteiger partial charge on any atom is 0.224 e. The van der Waals surface area contributed by atoms with E-state index in [1.807, 2.05) is 18.0 Å². The zero-order valence-corrected chi connectivity index (χ0v) is 17.1. The van der Waals surface area contributed by atoms with Gasteiger partial charge in [0.25, 0.3) is 0 Å². The van der Waals surface area contributed by atoms with Crippen LogP contribution in [0, 0.1) is 23.2 Å². The molecule has 3 heterocycles. The number of piperidine rings is 1. The average Bonchev–Trinajstić information content (AvgIpc) is 3.43. The molecule has 0 spiro atoms. The highest BCUT2D eigenvalue weighted by molar-refractivity contribution is 7.99. The second-order valence-corrected chi connectivity index (χ2v) is 10.4. The van der Waals surface area contributed by atoms with Crippen molar-refractivity contribution in [3.05, 3.63) is 30.4 Å². The monoisotopic (exact) mass is 384 g/mol. The number of fused-ring (bicyclic) bond motifs is 2. The predicted octanol–water partition coefficient (Wildman–Crippen LogP) is 3.04. The van der Waals surface area contributed by atoms with Crippen LogP contribution in [0.3, 0.4) is 0 Å². The molecule has 2 aliphatic carbocycles. The fraction of sp³-hybridized carbons (Fsp3) is 0.619. The van der Waals surface area contributed by atoms with Gasteiger partial charge in [0.1, 0.15) is 5.82 Å². The van der Waals surface area contributed by atoms with Crippen LogP contribution < -0.4 is 10.6 Å². The van der Waals surface area contributed by atoms with Crippen LogP contribution in [-0.4, -0.2) is 34.1 Å². The van der Waals surface area contributed by atoms with Crippen molar-refractivity contribution in [3.8, 4) is 0 Å². The van der Waals surface area contributed by atoms with E-state index in [4.69, 9.17) is 4.98 Å². The average molecular weight is 385 g/mol. The summed E-state index contributed by atoms with van der Waals surface area (Å²) in [6.45, 7) is 8.25. The number of hydrogen-bond acceptors (Lipinski definition) is 4. The number of nitrogens with zero attached hydrogens (tertiary/aromatic N) is 2. The predicted molar refractivity (Wildman–Crippen MR) is 108 cm³/mol. The summed E-state index contributed by atoms with van der Waals surface area (Å²) in [5.41, 5.74) is 0.769. The van der Waals surface area contributed by atoms with Gasteiger partial charge < -0.3 is 15.0 Å². The van der Waals surface area contributed by atoms with Gasteiger partial charge in [-0.1, -0.05) is 6.92 Å². The number of carbonyl (C=O) groups excluding carboxylic acids is 1. The third-order valence-corrected chi connectivity index (χ3v) is 8.00. The Morgan fingerprint density at radius 1 is 1.48 bits per heavy atom. The van der Waals surface area contributed by atoms with E-state index in [2.05, 4.69) is 54.1 Å². The summed E-state index contributed by atoms with van der Waals surface area (Å²) in [7, 11) is 0. The summed E-state index contributed by atoms with van der Waals surface area (Å²) in [5, 5.41) is 6.68. The molecule has 5 rings (SSSR count). The van der Waals surface area contributed by atoms with Gasteiger partial charge in [0, 0.05) is 29.3 Å². The lowest BCUT2D eigenvalue weighted by Crippen LogP contribution is -2.44. The topological polar surface area (TPSA) is 58.4 Å². The normalized spacial score (nSPS) is 29.7. The highest BCUT2D eigenvalue weighted by Crippen LogP contribution is 2.60. The first-order chi connectivity index (χ1) is 12.9. The first-order valence-corrected chi connectivity index (χ1v) is 11.0. The molecular formula is C21H28N4OS. The molecule has 27 heavy (non-hydrogen) atoms. The third kappa shape index (κ3) is 2.88. The fourth-order valence-electron chi connectivity index (χ4n) is 4.75. The van der Waals surface area contributed by atoms with Gasteiger partial charge in [-0.25, -0.2) is 4.98 Å². The second kappa shape index (κ2) is 5.98. The van der Waals surface area contributed by atoms with Gasteiger partial charge in [0.05, 0.1) is 17.3 Å². The van der Waals surface area contributed by atoms with Gasteiger partial charge >= 0.3 is 0 Å². The Morgan fingerprint density at radius 3 is 3.00 bits per heavy atom. The minimum atomic E-state index is -0.510. The Labute approximate surface area is 164 Å². The van der Waals surface area contributed by atoms with Gasteiger partial charge in [-0.05, 0) is 62.6 Å². The van der Waals surface area contributed by atoms with Gasteiger partial charge in [0.2, 0.25) is 5.91 Å². The van der Waals surface area contributed by atoms with Crippen molar-refractivity contribution < 1.29 is 4.79 Å². The molecule has 2 aromatic rings. The van der Waals surface area contributed by atoms with Crippen LogP contribution in [0.1, 0.15) is 39.4 Å². The van der Waals surface area contributed by atoms with Crippen molar-refractivity contribution in [3.63, 3.8) is 0 Å². The smallest absolute Gasteiger partial charge is 0.224 e. The van der Waals surface area contributed by atoms with E-state index in [9.17, 15) is 4.79 Å². The second-order valence-electron chi connectivity index (χ2n) is 9.30. The molecule has 2 N–H and O–H groups in total. The Hall–Kier alpha value is -1.53. The lowest BCUT2D eigenvalue weighted by atomic mass is 10.0. The van der Waals surface area contributed by atoms with E-state index in [0.29, 0.717) is 5.92 Å². The molecular weight excluding hydrogens is 356 g/mol. The van der Waals surface area contributed by atoms with E-state index in [0.717, 1.165) is 30.3 Å². The molecule has 3 fully saturated rings. The van der Waals surface area contributed by atoms with Gasteiger partial charge in [0.15, 0.2) is 0 Å². The zero-order chi connectivity index (χ0) is 18.8. The van der Waals surface area contributed by atoms with Crippen LogP contribution in [0.15, 0.2) is 29.4 Å². The minimum Gasteiger partial charge on any atom is -0.344 e. The molecule has 1 aliphatic heterocycles. The number of thioether (sulfide) groups is 1. The third-order valence-electron chi connectivity index (χ3n) is 6.70. The molecule has 5 nitrogen and oxygen atoms in total. The van der Waals surface area contributed by atoms with Crippen molar-refractivity contribution in [1.29, 1.82) is 0 Å². The highest BCUT2D eigenvalue weighted by Gasteiger charge is 2.67. The number of nitrogens with one attached hydrogen (secondary N) is 2. The van der Waals surface area contributed by atoms with E-state index in [1.165, 1.54) is 23.5 Å². The van der Waals surface area contributed by atoms with Crippen molar-refractivity contribution >= 4 is 23.2 Å². The van der Waals surface area contributed by atoms with Crippen LogP contribution in [0.5, 0.6) is 0 Å². The standard InChI is InChI=1S/C21H28N4OS/c1-20(2,24-18(26)17-14-9-22-12-21(14,17)3)19-23-10-15-16(5-4-8-25(15)19)27-11-13-6-7-13/h4-5,8,10,13-14,17,22H,6-7,9,11-12H2,1-3H3,(H,24,26)/t14-,17+,21-/m1/s1. The number of imidazole rings is 1. The molecule has 3 aliphatic rings. The van der Waals surface area contributed by atoms with Crippen molar-refractivity contribution in [2.45, 2.75) is 44.0 Å². The minimum absolute atomic E-state index is 0.133. The van der Waals surface area contributed by atoms with Gasteiger partial charge in [-0.15, -0.1) is 11.8 Å². The summed E-state index contributed by atoms with van der Waals surface area (Å²) in [4.78, 5) is 18.9. The largest absolute Gasteiger partial charge is 0.344 e. The maximum atomic E-state index is 12.9. The molecule has 144 valence electrons. The summed E-state index contributed by atoms with van der Waals surface area (Å²) < 4.78 is 2.15. The van der Waals surface area contributed by atoms with E-state index < -0.39 is 5.54 Å². The van der Waals surface area contributed by atoms with E-state index in [-0.39, 0.29) is 17.2 Å². The van der Waals surface area contributed by atoms with Crippen LogP contribution >= 0.6 is 11.8 Å². The van der Waals surface area contributed by atoms with Crippen LogP contribution in [-0.2, 0) is 10.3 Å². The number of amides is 1. The fourth-order valence-corrected chi connectivity index (χ4v) is 5.97. The molecule has 2 saturated carbocycles. The van der Waals surface area contributed by atoms with Gasteiger partial charge in [-0.2, -0.15) is 0 Å². The Balaban J connectivity index is 1.37. The SMILES string of the molecule is CC(C)(NC(=O)[C@@H]1[C@H]2CNC[C@]21C)c1ncc2c(SCC3CC3)cccn12. The maximum absolute atomic E-state index is 12.9. The molecule has 0 unspecified atom stereocenters. The molecule has 2 aromatic heterocycles. The summed E-state index contributed by atoms with van der Waals surface area (Å²) in [5.74, 6) is 3.77. The Bertz CT molecular complexity index is 903. The molecule has 1 saturated heterocycles. The molecule has 0 radical (unpaired) electrons. The number of aromatic nitrogens is 2. The molecule has 3 atom stereocenters. The van der Waals surface area contributed by atoms with Crippen molar-refractivity contribution in [2.24, 2.45) is 23.2 Å². The Morgan fingerprint density at radius 2 is 2.30 bits per heavy atom. The summed E-state index contributed by atoms with van der Waals surface area (Å²) >= 11 is 1.93. The van der Waals surface area contributed by atoms with E-state index >= 15 is 0 Å². The lowest BCUT2D eigenvalue weighted by molar-refractivity contribution is -0.125. The molecule has 0 bridgehead atoms. The first-order valence-electron chi connectivity index (χ1n) is 10.0. The van der Waals surface area contributed by atoms with Crippen LogP contribution in [0.2, 0.25) is 0 Å². The molecule has 1 amide bonds. The highest BCUT2D eigenvalue weighted by atomic mass is 32.2. The lowest BCUT2D eigenvalue weighted by Gasteiger charge is -2.26. The zero-order valence-electron chi connectivity index (χ0n) is 16.3. The van der Waals surface area contributed by atoms with E-state index in [1.54, 1.807) is 0 Å². The number of pyridine rings is 1. The van der Waals surface area contributed by atoms with Crippen LogP contribution in [0.4, 0.5) is 0 Å². The first kappa shape index (κ1) is 17.6. The van der Waals surface area contributed by atoms with Crippen LogP contribution in [0.25, 0.3) is 5.52 Å². The van der Waals surface area contributed by atoms with Crippen molar-refractivity contribution in [2.75, 3.05) is 18.8 Å². The van der Waals surface area contributed by atoms with Gasteiger partial charge in [-0.3, -0.25) is 4.79 Å². The van der Waals surface area contributed by atoms with Crippen molar-refractivity contribution in [1.82, 2.24) is 20.0 Å². The Kier molecular flexibility index (Phi) is 3.89. The number of rotatable bonds is 6. The number of hydrogen-bond donors (Lipinski definition) is 2. The molecule has 0 aromatic carbocycles. The number of carbonyl (C=O) groups is 1. The summed E-state index contributed by atoms with van der Waals surface area (Å²) in [6.07, 6.45) is 6.76. The summed E-state index contributed by atoms with van der Waals surface area (Å²) in [6, 6.07) is 4.27. The molecule has 6 heteroatoms. The quantitative estimate of drug-likeness (QED) is 0.752.